The summed E-state index contributed by atoms with van der Waals surface area (Å²) >= 11 is 0. The second kappa shape index (κ2) is 7.51. The monoisotopic (exact) mass is 341 g/mol. The van der Waals surface area contributed by atoms with Crippen molar-refractivity contribution in [2.24, 2.45) is 5.92 Å². The van der Waals surface area contributed by atoms with E-state index in [4.69, 9.17) is 4.52 Å². The molecule has 1 aromatic carbocycles. The van der Waals surface area contributed by atoms with Gasteiger partial charge in [0.15, 0.2) is 11.5 Å². The molecule has 0 spiro atoms. The summed E-state index contributed by atoms with van der Waals surface area (Å²) in [5, 5.41) is 6.85. The van der Waals surface area contributed by atoms with Crippen molar-refractivity contribution in [1.29, 1.82) is 0 Å². The minimum Gasteiger partial charge on any atom is -0.355 e. The first-order valence-corrected chi connectivity index (χ1v) is 8.66. The van der Waals surface area contributed by atoms with Crippen molar-refractivity contribution < 1.29 is 14.1 Å². The average molecular weight is 341 g/mol. The van der Waals surface area contributed by atoms with E-state index < -0.39 is 0 Å². The Kier molecular flexibility index (Phi) is 5.16. The predicted octanol–water partition coefficient (Wildman–Crippen LogP) is 2.72. The molecule has 1 aliphatic heterocycles. The molecule has 3 rings (SSSR count). The van der Waals surface area contributed by atoms with Crippen LogP contribution >= 0.6 is 0 Å². The molecule has 2 aromatic rings. The molecule has 0 radical (unpaired) electrons. The maximum atomic E-state index is 12.7. The number of benzene rings is 1. The molecule has 132 valence electrons. The number of nitrogens with zero attached hydrogens (tertiary/aromatic N) is 2. The number of amides is 2. The zero-order chi connectivity index (χ0) is 17.8. The number of piperidine rings is 1. The Morgan fingerprint density at radius 2 is 2.04 bits per heavy atom. The number of rotatable bonds is 4. The van der Waals surface area contributed by atoms with Crippen molar-refractivity contribution in [3.8, 4) is 11.3 Å². The minimum absolute atomic E-state index is 0.0117. The fourth-order valence-electron chi connectivity index (χ4n) is 3.05. The van der Waals surface area contributed by atoms with E-state index in [1.807, 2.05) is 44.2 Å². The van der Waals surface area contributed by atoms with Crippen LogP contribution in [0, 0.1) is 5.92 Å². The Bertz CT molecular complexity index is 739. The number of hydrogen-bond acceptors (Lipinski definition) is 4. The van der Waals surface area contributed by atoms with E-state index in [1.54, 1.807) is 11.0 Å². The summed E-state index contributed by atoms with van der Waals surface area (Å²) in [7, 11) is 0. The van der Waals surface area contributed by atoms with Crippen LogP contribution in [0.2, 0.25) is 0 Å². The van der Waals surface area contributed by atoms with E-state index in [9.17, 15) is 9.59 Å². The molecule has 0 aliphatic carbocycles. The SMILES string of the molecule is CC(C)NC(=O)[C@H]1CCCN(C(=O)c2cc(-c3ccccc3)on2)C1. The smallest absolute Gasteiger partial charge is 0.276 e. The van der Waals surface area contributed by atoms with Gasteiger partial charge in [-0.25, -0.2) is 0 Å². The fraction of sp³-hybridized carbons (Fsp3) is 0.421. The number of likely N-dealkylation sites (tertiary alicyclic amines) is 1. The van der Waals surface area contributed by atoms with Gasteiger partial charge >= 0.3 is 0 Å². The summed E-state index contributed by atoms with van der Waals surface area (Å²) in [5.74, 6) is 0.223. The number of hydrogen-bond donors (Lipinski definition) is 1. The van der Waals surface area contributed by atoms with Crippen LogP contribution in [0.5, 0.6) is 0 Å². The Labute approximate surface area is 147 Å². The lowest BCUT2D eigenvalue weighted by Gasteiger charge is -2.31. The number of carbonyl (C=O) groups is 2. The standard InChI is InChI=1S/C19H23N3O3/c1-13(2)20-18(23)15-9-6-10-22(12-15)19(24)16-11-17(25-21-16)14-7-4-3-5-8-14/h3-5,7-8,11,13,15H,6,9-10,12H2,1-2H3,(H,20,23)/t15-/m0/s1. The molecule has 1 atom stereocenters. The summed E-state index contributed by atoms with van der Waals surface area (Å²) in [5.41, 5.74) is 1.16. The topological polar surface area (TPSA) is 75.4 Å². The molecule has 0 saturated carbocycles. The Morgan fingerprint density at radius 3 is 2.76 bits per heavy atom. The second-order valence-electron chi connectivity index (χ2n) is 6.70. The Morgan fingerprint density at radius 1 is 1.28 bits per heavy atom. The van der Waals surface area contributed by atoms with Crippen LogP contribution in [-0.4, -0.2) is 41.0 Å². The zero-order valence-corrected chi connectivity index (χ0v) is 14.6. The van der Waals surface area contributed by atoms with Gasteiger partial charge in [-0.15, -0.1) is 0 Å². The maximum Gasteiger partial charge on any atom is 0.276 e. The average Bonchev–Trinajstić information content (AvgIpc) is 3.11. The van der Waals surface area contributed by atoms with Gasteiger partial charge in [0.25, 0.3) is 5.91 Å². The van der Waals surface area contributed by atoms with Crippen LogP contribution in [0.25, 0.3) is 11.3 Å². The lowest BCUT2D eigenvalue weighted by molar-refractivity contribution is -0.126. The summed E-state index contributed by atoms with van der Waals surface area (Å²) in [6.07, 6.45) is 1.61. The van der Waals surface area contributed by atoms with Gasteiger partial charge < -0.3 is 14.7 Å². The number of carbonyl (C=O) groups excluding carboxylic acids is 2. The van der Waals surface area contributed by atoms with Gasteiger partial charge in [-0.3, -0.25) is 9.59 Å². The zero-order valence-electron chi connectivity index (χ0n) is 14.6. The molecular formula is C19H23N3O3. The largest absolute Gasteiger partial charge is 0.355 e. The van der Waals surface area contributed by atoms with E-state index >= 15 is 0 Å². The number of nitrogens with one attached hydrogen (secondary N) is 1. The lowest BCUT2D eigenvalue weighted by Crippen LogP contribution is -2.46. The van der Waals surface area contributed by atoms with Gasteiger partial charge in [-0.2, -0.15) is 0 Å². The molecule has 6 nitrogen and oxygen atoms in total. The van der Waals surface area contributed by atoms with Gasteiger partial charge in [0, 0.05) is 30.8 Å². The summed E-state index contributed by atoms with van der Waals surface area (Å²) in [6.45, 7) is 4.93. The minimum atomic E-state index is -0.187. The molecular weight excluding hydrogens is 318 g/mol. The third-order valence-corrected chi connectivity index (χ3v) is 4.30. The third kappa shape index (κ3) is 4.07. The van der Waals surface area contributed by atoms with Crippen LogP contribution in [0.3, 0.4) is 0 Å². The van der Waals surface area contributed by atoms with E-state index in [-0.39, 0.29) is 29.5 Å². The summed E-state index contributed by atoms with van der Waals surface area (Å²) < 4.78 is 5.31. The van der Waals surface area contributed by atoms with Crippen LogP contribution in [-0.2, 0) is 4.79 Å². The van der Waals surface area contributed by atoms with Gasteiger partial charge in [0.05, 0.1) is 5.92 Å². The predicted molar refractivity (Wildman–Crippen MR) is 93.8 cm³/mol. The molecule has 0 unspecified atom stereocenters. The van der Waals surface area contributed by atoms with Crippen LogP contribution < -0.4 is 5.32 Å². The number of aromatic nitrogens is 1. The molecule has 2 heterocycles. The van der Waals surface area contributed by atoms with Gasteiger partial charge in [0.1, 0.15) is 0 Å². The van der Waals surface area contributed by atoms with E-state index in [1.165, 1.54) is 0 Å². The van der Waals surface area contributed by atoms with E-state index in [0.29, 0.717) is 18.8 Å². The quantitative estimate of drug-likeness (QED) is 0.928. The van der Waals surface area contributed by atoms with Gasteiger partial charge in [0.2, 0.25) is 5.91 Å². The van der Waals surface area contributed by atoms with Crippen LogP contribution in [0.4, 0.5) is 0 Å². The first-order chi connectivity index (χ1) is 12.0. The Hall–Kier alpha value is -2.63. The lowest BCUT2D eigenvalue weighted by atomic mass is 9.96. The highest BCUT2D eigenvalue weighted by molar-refractivity contribution is 5.93. The normalized spacial score (nSPS) is 17.6. The van der Waals surface area contributed by atoms with Gasteiger partial charge in [-0.05, 0) is 26.7 Å². The summed E-state index contributed by atoms with van der Waals surface area (Å²) in [4.78, 5) is 26.6. The fourth-order valence-corrected chi connectivity index (χ4v) is 3.05. The molecule has 1 fully saturated rings. The van der Waals surface area contributed by atoms with E-state index in [0.717, 1.165) is 18.4 Å². The molecule has 1 aliphatic rings. The highest BCUT2D eigenvalue weighted by Crippen LogP contribution is 2.23. The Balaban J connectivity index is 1.68. The molecule has 2 amide bonds. The van der Waals surface area contributed by atoms with E-state index in [2.05, 4.69) is 10.5 Å². The van der Waals surface area contributed by atoms with Crippen molar-refractivity contribution in [3.63, 3.8) is 0 Å². The molecule has 0 bridgehead atoms. The third-order valence-electron chi connectivity index (χ3n) is 4.30. The molecule has 1 N–H and O–H groups in total. The van der Waals surface area contributed by atoms with Crippen LogP contribution in [0.15, 0.2) is 40.9 Å². The van der Waals surface area contributed by atoms with Crippen molar-refractivity contribution in [2.75, 3.05) is 13.1 Å². The first kappa shape index (κ1) is 17.2. The van der Waals surface area contributed by atoms with Crippen molar-refractivity contribution >= 4 is 11.8 Å². The first-order valence-electron chi connectivity index (χ1n) is 8.66. The van der Waals surface area contributed by atoms with Crippen molar-refractivity contribution in [2.45, 2.75) is 32.7 Å². The van der Waals surface area contributed by atoms with Crippen molar-refractivity contribution in [1.82, 2.24) is 15.4 Å². The van der Waals surface area contributed by atoms with Gasteiger partial charge in [-0.1, -0.05) is 35.5 Å². The molecule has 6 heteroatoms. The van der Waals surface area contributed by atoms with Crippen molar-refractivity contribution in [3.05, 3.63) is 42.1 Å². The maximum absolute atomic E-state index is 12.7. The summed E-state index contributed by atoms with van der Waals surface area (Å²) in [6, 6.07) is 11.3. The molecule has 1 saturated heterocycles. The highest BCUT2D eigenvalue weighted by atomic mass is 16.5. The second-order valence-corrected chi connectivity index (χ2v) is 6.70. The van der Waals surface area contributed by atoms with Crippen LogP contribution in [0.1, 0.15) is 37.2 Å². The molecule has 25 heavy (non-hydrogen) atoms. The highest BCUT2D eigenvalue weighted by Gasteiger charge is 2.30. The molecule has 1 aromatic heterocycles.